The van der Waals surface area contributed by atoms with Gasteiger partial charge in [0.25, 0.3) is 5.91 Å². The third-order valence-electron chi connectivity index (χ3n) is 4.47. The Bertz CT molecular complexity index is 1080. The molecule has 2 aromatic heterocycles. The maximum atomic E-state index is 12.6. The third-order valence-corrected chi connectivity index (χ3v) is 5.23. The van der Waals surface area contributed by atoms with Gasteiger partial charge in [-0.1, -0.05) is 48.0 Å². The van der Waals surface area contributed by atoms with Gasteiger partial charge >= 0.3 is 0 Å². The van der Waals surface area contributed by atoms with Crippen LogP contribution in [-0.2, 0) is 6.54 Å². The van der Waals surface area contributed by atoms with E-state index in [0.717, 1.165) is 28.0 Å². The van der Waals surface area contributed by atoms with Gasteiger partial charge in [-0.25, -0.2) is 4.98 Å². The lowest BCUT2D eigenvalue weighted by atomic mass is 10.1. The van der Waals surface area contributed by atoms with Gasteiger partial charge in [0.1, 0.15) is 5.69 Å². The first-order valence-electron chi connectivity index (χ1n) is 8.46. The van der Waals surface area contributed by atoms with Crippen molar-refractivity contribution in [2.24, 2.45) is 0 Å². The Labute approximate surface area is 156 Å². The minimum atomic E-state index is -0.165. The van der Waals surface area contributed by atoms with E-state index < -0.39 is 0 Å². The molecule has 0 fully saturated rings. The number of para-hydroxylation sites is 1. The summed E-state index contributed by atoms with van der Waals surface area (Å²) in [5.41, 5.74) is 6.57. The Balaban J connectivity index is 1.68. The number of aryl methyl sites for hydroxylation is 2. The number of rotatable bonds is 4. The van der Waals surface area contributed by atoms with Crippen LogP contribution in [0.3, 0.4) is 0 Å². The molecule has 0 radical (unpaired) electrons. The van der Waals surface area contributed by atoms with E-state index in [1.54, 1.807) is 5.51 Å². The summed E-state index contributed by atoms with van der Waals surface area (Å²) >= 11 is 1.48. The minimum absolute atomic E-state index is 0.165. The normalized spacial score (nSPS) is 11.0. The van der Waals surface area contributed by atoms with E-state index in [9.17, 15) is 4.79 Å². The molecule has 1 N–H and O–H groups in total. The lowest BCUT2D eigenvalue weighted by molar-refractivity contribution is 0.102. The Kier molecular flexibility index (Phi) is 4.31. The van der Waals surface area contributed by atoms with E-state index >= 15 is 0 Å². The summed E-state index contributed by atoms with van der Waals surface area (Å²) in [5.74, 6) is -0.165. The second-order valence-electron chi connectivity index (χ2n) is 6.38. The molecule has 4 rings (SSSR count). The quantitative estimate of drug-likeness (QED) is 0.555. The molecule has 0 atom stereocenters. The van der Waals surface area contributed by atoms with Crippen molar-refractivity contribution in [3.05, 3.63) is 81.9 Å². The molecule has 0 aliphatic carbocycles. The highest BCUT2D eigenvalue weighted by atomic mass is 32.1. The van der Waals surface area contributed by atoms with Crippen LogP contribution < -0.4 is 5.32 Å². The predicted molar refractivity (Wildman–Crippen MR) is 107 cm³/mol. The largest absolute Gasteiger partial charge is 0.341 e. The molecule has 0 unspecified atom stereocenters. The Morgan fingerprint density at radius 1 is 1.12 bits per heavy atom. The molecule has 130 valence electrons. The van der Waals surface area contributed by atoms with Gasteiger partial charge in [0.2, 0.25) is 0 Å². The number of aromatic nitrogens is 2. The van der Waals surface area contributed by atoms with Gasteiger partial charge < -0.3 is 9.88 Å². The van der Waals surface area contributed by atoms with Crippen molar-refractivity contribution in [3.63, 3.8) is 0 Å². The number of fused-ring (bicyclic) bond motifs is 1. The second-order valence-corrected chi connectivity index (χ2v) is 7.44. The molecule has 5 heteroatoms. The molecular formula is C21H19N3OS. The molecule has 0 saturated heterocycles. The van der Waals surface area contributed by atoms with E-state index in [4.69, 9.17) is 0 Å². The summed E-state index contributed by atoms with van der Waals surface area (Å²) in [6.45, 7) is 4.75. The summed E-state index contributed by atoms with van der Waals surface area (Å²) in [7, 11) is 0. The van der Waals surface area contributed by atoms with Crippen LogP contribution in [0, 0.1) is 13.8 Å². The molecule has 1 amide bonds. The van der Waals surface area contributed by atoms with Crippen LogP contribution in [0.5, 0.6) is 0 Å². The number of carbonyl (C=O) groups is 1. The van der Waals surface area contributed by atoms with E-state index in [2.05, 4.69) is 52.1 Å². The topological polar surface area (TPSA) is 46.9 Å². The standard InChI is InChI=1S/C21H19N3OS/c1-14-7-9-16(10-8-14)11-24-12-18(17-5-3-4-6-19(17)24)23-21(25)20-15(2)26-13-22-20/h3-10,12-13H,11H2,1-2H3,(H,23,25). The number of benzene rings is 2. The average Bonchev–Trinajstić information content (AvgIpc) is 3.22. The maximum Gasteiger partial charge on any atom is 0.275 e. The van der Waals surface area contributed by atoms with Gasteiger partial charge in [-0.05, 0) is 25.5 Å². The van der Waals surface area contributed by atoms with Crippen LogP contribution in [0.15, 0.2) is 60.2 Å². The molecule has 4 aromatic rings. The van der Waals surface area contributed by atoms with E-state index in [-0.39, 0.29) is 5.91 Å². The van der Waals surface area contributed by atoms with Crippen molar-refractivity contribution in [3.8, 4) is 0 Å². The summed E-state index contributed by atoms with van der Waals surface area (Å²) < 4.78 is 2.17. The predicted octanol–water partition coefficient (Wildman–Crippen LogP) is 5.02. The number of anilines is 1. The van der Waals surface area contributed by atoms with Gasteiger partial charge in [-0.15, -0.1) is 11.3 Å². The second kappa shape index (κ2) is 6.77. The Morgan fingerprint density at radius 2 is 1.88 bits per heavy atom. The Hall–Kier alpha value is -2.92. The summed E-state index contributed by atoms with van der Waals surface area (Å²) in [6.07, 6.45) is 2.00. The van der Waals surface area contributed by atoms with Gasteiger partial charge in [-0.3, -0.25) is 4.79 Å². The molecule has 0 saturated carbocycles. The number of amides is 1. The molecular weight excluding hydrogens is 342 g/mol. The minimum Gasteiger partial charge on any atom is -0.341 e. The third kappa shape index (κ3) is 3.13. The fourth-order valence-electron chi connectivity index (χ4n) is 3.07. The first-order valence-corrected chi connectivity index (χ1v) is 9.34. The van der Waals surface area contributed by atoms with Crippen molar-refractivity contribution in [2.45, 2.75) is 20.4 Å². The SMILES string of the molecule is Cc1ccc(Cn2cc(NC(=O)c3ncsc3C)c3ccccc32)cc1. The van der Waals surface area contributed by atoms with Crippen LogP contribution >= 0.6 is 11.3 Å². The Morgan fingerprint density at radius 3 is 2.62 bits per heavy atom. The summed E-state index contributed by atoms with van der Waals surface area (Å²) in [5, 5.41) is 4.06. The first kappa shape index (κ1) is 16.5. The maximum absolute atomic E-state index is 12.6. The first-order chi connectivity index (χ1) is 12.6. The van der Waals surface area contributed by atoms with Crippen molar-refractivity contribution in [1.82, 2.24) is 9.55 Å². The van der Waals surface area contributed by atoms with Gasteiger partial charge in [0.15, 0.2) is 0 Å². The van der Waals surface area contributed by atoms with Crippen LogP contribution in [0.25, 0.3) is 10.9 Å². The zero-order valence-electron chi connectivity index (χ0n) is 14.7. The van der Waals surface area contributed by atoms with Gasteiger partial charge in [-0.2, -0.15) is 0 Å². The van der Waals surface area contributed by atoms with E-state index in [1.165, 1.54) is 22.5 Å². The molecule has 4 nitrogen and oxygen atoms in total. The van der Waals surface area contributed by atoms with Crippen LogP contribution in [0.2, 0.25) is 0 Å². The van der Waals surface area contributed by atoms with Crippen LogP contribution in [0.1, 0.15) is 26.5 Å². The molecule has 2 aromatic carbocycles. The number of hydrogen-bond donors (Lipinski definition) is 1. The van der Waals surface area contributed by atoms with Crippen molar-refractivity contribution >= 4 is 33.8 Å². The molecule has 2 heterocycles. The van der Waals surface area contributed by atoms with Crippen LogP contribution in [0.4, 0.5) is 5.69 Å². The number of nitrogens with one attached hydrogen (secondary N) is 1. The fraction of sp³-hybridized carbons (Fsp3) is 0.143. The lowest BCUT2D eigenvalue weighted by Gasteiger charge is -2.05. The van der Waals surface area contributed by atoms with Crippen molar-refractivity contribution < 1.29 is 4.79 Å². The highest BCUT2D eigenvalue weighted by Gasteiger charge is 2.15. The number of carbonyl (C=O) groups excluding carboxylic acids is 1. The van der Waals surface area contributed by atoms with E-state index in [0.29, 0.717) is 5.69 Å². The highest BCUT2D eigenvalue weighted by Crippen LogP contribution is 2.27. The van der Waals surface area contributed by atoms with Gasteiger partial charge in [0, 0.05) is 23.0 Å². The molecule has 26 heavy (non-hydrogen) atoms. The summed E-state index contributed by atoms with van der Waals surface area (Å²) in [4.78, 5) is 17.7. The zero-order chi connectivity index (χ0) is 18.1. The number of nitrogens with zero attached hydrogens (tertiary/aromatic N) is 2. The van der Waals surface area contributed by atoms with E-state index in [1.807, 2.05) is 31.3 Å². The van der Waals surface area contributed by atoms with Crippen molar-refractivity contribution in [1.29, 1.82) is 0 Å². The van der Waals surface area contributed by atoms with Gasteiger partial charge in [0.05, 0.1) is 16.7 Å². The molecule has 0 spiro atoms. The van der Waals surface area contributed by atoms with Crippen molar-refractivity contribution in [2.75, 3.05) is 5.32 Å². The fourth-order valence-corrected chi connectivity index (χ4v) is 3.65. The number of thiazole rings is 1. The smallest absolute Gasteiger partial charge is 0.275 e. The van der Waals surface area contributed by atoms with Crippen LogP contribution in [-0.4, -0.2) is 15.5 Å². The zero-order valence-corrected chi connectivity index (χ0v) is 15.5. The number of hydrogen-bond acceptors (Lipinski definition) is 3. The molecule has 0 bridgehead atoms. The lowest BCUT2D eigenvalue weighted by Crippen LogP contribution is -2.13. The molecule has 0 aliphatic rings. The molecule has 0 aliphatic heterocycles. The highest BCUT2D eigenvalue weighted by molar-refractivity contribution is 7.09. The average molecular weight is 361 g/mol. The monoisotopic (exact) mass is 361 g/mol. The summed E-state index contributed by atoms with van der Waals surface area (Å²) in [6, 6.07) is 16.6.